The Hall–Kier alpha value is -1.66. The summed E-state index contributed by atoms with van der Waals surface area (Å²) in [6.07, 6.45) is 1.55. The van der Waals surface area contributed by atoms with Crippen LogP contribution in [0.15, 0.2) is 18.2 Å². The molecule has 7 heteroatoms. The van der Waals surface area contributed by atoms with Crippen molar-refractivity contribution in [2.75, 3.05) is 13.1 Å². The Morgan fingerprint density at radius 1 is 1.45 bits per heavy atom. The van der Waals surface area contributed by atoms with Gasteiger partial charge in [-0.1, -0.05) is 17.7 Å². The van der Waals surface area contributed by atoms with Crippen LogP contribution in [0.5, 0.6) is 0 Å². The van der Waals surface area contributed by atoms with Crippen LogP contribution in [-0.4, -0.2) is 29.5 Å². The molecule has 1 aromatic carbocycles. The fourth-order valence-electron chi connectivity index (χ4n) is 2.33. The molecule has 1 aliphatic heterocycles. The minimum absolute atomic E-state index is 0.0704. The molecule has 1 fully saturated rings. The number of nitro benzene ring substituents is 1. The average molecular weight is 298 g/mol. The first-order valence-electron chi connectivity index (χ1n) is 6.39. The molecule has 1 heterocycles. The highest BCUT2D eigenvalue weighted by molar-refractivity contribution is 6.34. The number of nitrogens with one attached hydrogen (secondary N) is 2. The summed E-state index contributed by atoms with van der Waals surface area (Å²) in [5.41, 5.74) is -0.707. The predicted octanol–water partition coefficient (Wildman–Crippen LogP) is 2.12. The molecule has 2 rings (SSSR count). The Labute approximate surface area is 121 Å². The van der Waals surface area contributed by atoms with Crippen molar-refractivity contribution in [3.63, 3.8) is 0 Å². The van der Waals surface area contributed by atoms with Gasteiger partial charge < -0.3 is 10.6 Å². The molecule has 0 atom stereocenters. The number of nitro groups is 1. The Kier molecular flexibility index (Phi) is 4.25. The number of amides is 1. The van der Waals surface area contributed by atoms with E-state index >= 15 is 0 Å². The Morgan fingerprint density at radius 2 is 2.10 bits per heavy atom. The number of rotatable bonds is 3. The molecule has 0 spiro atoms. The fourth-order valence-corrected chi connectivity index (χ4v) is 2.59. The number of benzene rings is 1. The molecule has 0 bridgehead atoms. The third kappa shape index (κ3) is 3.08. The van der Waals surface area contributed by atoms with Gasteiger partial charge in [-0.25, -0.2) is 0 Å². The summed E-state index contributed by atoms with van der Waals surface area (Å²) >= 11 is 5.95. The van der Waals surface area contributed by atoms with Crippen LogP contribution in [0.25, 0.3) is 0 Å². The van der Waals surface area contributed by atoms with E-state index in [-0.39, 0.29) is 21.8 Å². The first-order valence-corrected chi connectivity index (χ1v) is 6.77. The second kappa shape index (κ2) is 5.76. The zero-order chi connectivity index (χ0) is 14.8. The number of carbonyl (C=O) groups excluding carboxylic acids is 1. The molecule has 0 aromatic heterocycles. The molecule has 1 aliphatic rings. The Bertz CT molecular complexity index is 542. The maximum absolute atomic E-state index is 12.3. The second-order valence-electron chi connectivity index (χ2n) is 5.16. The lowest BCUT2D eigenvalue weighted by Gasteiger charge is -2.35. The zero-order valence-electron chi connectivity index (χ0n) is 11.1. The normalized spacial score (nSPS) is 17.5. The third-order valence-electron chi connectivity index (χ3n) is 3.54. The van der Waals surface area contributed by atoms with E-state index in [2.05, 4.69) is 10.6 Å². The zero-order valence-corrected chi connectivity index (χ0v) is 11.9. The van der Waals surface area contributed by atoms with Gasteiger partial charge >= 0.3 is 0 Å². The molecule has 20 heavy (non-hydrogen) atoms. The minimum atomic E-state index is -0.592. The summed E-state index contributed by atoms with van der Waals surface area (Å²) in [5, 5.41) is 17.2. The van der Waals surface area contributed by atoms with E-state index in [9.17, 15) is 14.9 Å². The van der Waals surface area contributed by atoms with Crippen molar-refractivity contribution in [1.29, 1.82) is 0 Å². The second-order valence-corrected chi connectivity index (χ2v) is 5.56. The molecule has 1 saturated heterocycles. The number of carbonyl (C=O) groups is 1. The van der Waals surface area contributed by atoms with E-state index in [0.717, 1.165) is 25.9 Å². The van der Waals surface area contributed by atoms with Gasteiger partial charge in [-0.3, -0.25) is 14.9 Å². The number of hydrogen-bond acceptors (Lipinski definition) is 4. The summed E-state index contributed by atoms with van der Waals surface area (Å²) in [6.45, 7) is 3.55. The standard InChI is InChI=1S/C13H16ClN3O3/c1-13(5-7-15-8-6-13)16-12(18)11-9(14)3-2-4-10(11)17(19)20/h2-4,15H,5-8H2,1H3,(H,16,18). The van der Waals surface area contributed by atoms with E-state index in [1.54, 1.807) is 0 Å². The highest BCUT2D eigenvalue weighted by atomic mass is 35.5. The van der Waals surface area contributed by atoms with Crippen LogP contribution in [-0.2, 0) is 0 Å². The first kappa shape index (κ1) is 14.7. The van der Waals surface area contributed by atoms with Crippen LogP contribution in [0.3, 0.4) is 0 Å². The summed E-state index contributed by atoms with van der Waals surface area (Å²) < 4.78 is 0. The molecular weight excluding hydrogens is 282 g/mol. The van der Waals surface area contributed by atoms with E-state index in [1.165, 1.54) is 18.2 Å². The highest BCUT2D eigenvalue weighted by Crippen LogP contribution is 2.27. The molecule has 1 amide bonds. The van der Waals surface area contributed by atoms with Crippen molar-refractivity contribution >= 4 is 23.2 Å². The summed E-state index contributed by atoms with van der Waals surface area (Å²) in [6, 6.07) is 4.23. The van der Waals surface area contributed by atoms with Crippen molar-refractivity contribution in [1.82, 2.24) is 10.6 Å². The topological polar surface area (TPSA) is 84.3 Å². The van der Waals surface area contributed by atoms with Crippen LogP contribution in [0, 0.1) is 10.1 Å². The van der Waals surface area contributed by atoms with Crippen LogP contribution < -0.4 is 10.6 Å². The third-order valence-corrected chi connectivity index (χ3v) is 3.85. The van der Waals surface area contributed by atoms with Crippen LogP contribution in [0.2, 0.25) is 5.02 Å². The van der Waals surface area contributed by atoms with Crippen molar-refractivity contribution in [3.05, 3.63) is 38.9 Å². The number of nitrogens with zero attached hydrogens (tertiary/aromatic N) is 1. The molecule has 6 nitrogen and oxygen atoms in total. The van der Waals surface area contributed by atoms with Crippen molar-refractivity contribution in [2.24, 2.45) is 0 Å². The van der Waals surface area contributed by atoms with Crippen LogP contribution >= 0.6 is 11.6 Å². The number of halogens is 1. The van der Waals surface area contributed by atoms with Gasteiger partial charge in [-0.05, 0) is 38.9 Å². The van der Waals surface area contributed by atoms with E-state index < -0.39 is 10.8 Å². The monoisotopic (exact) mass is 297 g/mol. The number of hydrogen-bond donors (Lipinski definition) is 2. The fraction of sp³-hybridized carbons (Fsp3) is 0.462. The molecule has 2 N–H and O–H groups in total. The maximum atomic E-state index is 12.3. The van der Waals surface area contributed by atoms with Gasteiger partial charge in [0.25, 0.3) is 11.6 Å². The van der Waals surface area contributed by atoms with Gasteiger partial charge in [0.1, 0.15) is 5.56 Å². The molecular formula is C13H16ClN3O3. The summed E-state index contributed by atoms with van der Waals surface area (Å²) in [7, 11) is 0. The van der Waals surface area contributed by atoms with Crippen molar-refractivity contribution in [3.8, 4) is 0 Å². The molecule has 0 aliphatic carbocycles. The average Bonchev–Trinajstić information content (AvgIpc) is 2.38. The highest BCUT2D eigenvalue weighted by Gasteiger charge is 2.32. The lowest BCUT2D eigenvalue weighted by atomic mass is 9.90. The Morgan fingerprint density at radius 3 is 2.70 bits per heavy atom. The predicted molar refractivity (Wildman–Crippen MR) is 76.1 cm³/mol. The molecule has 108 valence electrons. The molecule has 0 radical (unpaired) electrons. The van der Waals surface area contributed by atoms with Crippen LogP contribution in [0.4, 0.5) is 5.69 Å². The maximum Gasteiger partial charge on any atom is 0.283 e. The van der Waals surface area contributed by atoms with Gasteiger partial charge in [0.05, 0.1) is 9.95 Å². The SMILES string of the molecule is CC1(NC(=O)c2c(Cl)cccc2[N+](=O)[O-])CCNCC1. The Balaban J connectivity index is 2.27. The van der Waals surface area contributed by atoms with Gasteiger partial charge in [-0.15, -0.1) is 0 Å². The number of piperidine rings is 1. The summed E-state index contributed by atoms with van der Waals surface area (Å²) in [5.74, 6) is -0.494. The van der Waals surface area contributed by atoms with E-state index in [4.69, 9.17) is 11.6 Å². The van der Waals surface area contributed by atoms with Crippen molar-refractivity contribution in [2.45, 2.75) is 25.3 Å². The largest absolute Gasteiger partial charge is 0.347 e. The quantitative estimate of drug-likeness (QED) is 0.661. The summed E-state index contributed by atoms with van der Waals surface area (Å²) in [4.78, 5) is 22.8. The van der Waals surface area contributed by atoms with Gasteiger partial charge in [0, 0.05) is 11.6 Å². The molecule has 0 unspecified atom stereocenters. The van der Waals surface area contributed by atoms with Gasteiger partial charge in [0.2, 0.25) is 0 Å². The smallest absolute Gasteiger partial charge is 0.283 e. The van der Waals surface area contributed by atoms with Crippen molar-refractivity contribution < 1.29 is 9.72 Å². The first-order chi connectivity index (χ1) is 9.43. The lowest BCUT2D eigenvalue weighted by Crippen LogP contribution is -2.52. The van der Waals surface area contributed by atoms with E-state index in [1.807, 2.05) is 6.92 Å². The minimum Gasteiger partial charge on any atom is -0.347 e. The van der Waals surface area contributed by atoms with Crippen LogP contribution in [0.1, 0.15) is 30.1 Å². The molecule has 1 aromatic rings. The van der Waals surface area contributed by atoms with Gasteiger partial charge in [0.15, 0.2) is 0 Å². The van der Waals surface area contributed by atoms with Gasteiger partial charge in [-0.2, -0.15) is 0 Å². The lowest BCUT2D eigenvalue weighted by molar-refractivity contribution is -0.385. The molecule has 0 saturated carbocycles. The van der Waals surface area contributed by atoms with E-state index in [0.29, 0.717) is 0 Å².